The summed E-state index contributed by atoms with van der Waals surface area (Å²) in [6.07, 6.45) is 5.33. The molecule has 2 rings (SSSR count). The van der Waals surface area contributed by atoms with Crippen LogP contribution in [-0.4, -0.2) is 58.2 Å². The normalized spacial score (nSPS) is 12.4. The Morgan fingerprint density at radius 3 is 2.79 bits per heavy atom. The van der Waals surface area contributed by atoms with E-state index in [1.807, 2.05) is 6.07 Å². The van der Waals surface area contributed by atoms with Crippen LogP contribution in [0, 0.1) is 11.7 Å². The van der Waals surface area contributed by atoms with Crippen molar-refractivity contribution in [3.05, 3.63) is 59.9 Å². The number of nitrogens with one attached hydrogen (secondary N) is 1. The average Bonchev–Trinajstić information content (AvgIpc) is 2.68. The monoisotopic (exact) mass is 388 g/mol. The van der Waals surface area contributed by atoms with Crippen LogP contribution in [0.4, 0.5) is 4.39 Å². The minimum Gasteiger partial charge on any atom is -0.390 e. The van der Waals surface area contributed by atoms with Crippen molar-refractivity contribution in [3.63, 3.8) is 0 Å². The summed E-state index contributed by atoms with van der Waals surface area (Å²) in [6.45, 7) is 6.43. The molecule has 1 atom stereocenters. The Kier molecular flexibility index (Phi) is 8.97. The highest BCUT2D eigenvalue weighted by Gasteiger charge is 2.15. The van der Waals surface area contributed by atoms with Crippen LogP contribution in [0.3, 0.4) is 0 Å². The first-order valence-corrected chi connectivity index (χ1v) is 9.63. The van der Waals surface area contributed by atoms with Crippen molar-refractivity contribution in [1.29, 1.82) is 0 Å². The van der Waals surface area contributed by atoms with Gasteiger partial charge in [-0.05, 0) is 43.0 Å². The van der Waals surface area contributed by atoms with Gasteiger partial charge in [0.15, 0.2) is 0 Å². The Hall–Kier alpha value is -2.38. The predicted molar refractivity (Wildman–Crippen MR) is 106 cm³/mol. The molecule has 0 aliphatic rings. The van der Waals surface area contributed by atoms with Gasteiger partial charge >= 0.3 is 0 Å². The van der Waals surface area contributed by atoms with E-state index in [1.165, 1.54) is 30.7 Å². The highest BCUT2D eigenvalue weighted by Crippen LogP contribution is 2.08. The highest BCUT2D eigenvalue weighted by atomic mass is 19.1. The number of benzene rings is 1. The summed E-state index contributed by atoms with van der Waals surface area (Å²) in [5.41, 5.74) is 1.15. The number of carbonyl (C=O) groups is 1. The first-order valence-electron chi connectivity index (χ1n) is 9.63. The molecule has 0 bridgehead atoms. The third kappa shape index (κ3) is 8.10. The van der Waals surface area contributed by atoms with Crippen LogP contribution in [0.5, 0.6) is 0 Å². The minimum atomic E-state index is -0.708. The Morgan fingerprint density at radius 2 is 2.11 bits per heavy atom. The van der Waals surface area contributed by atoms with Gasteiger partial charge in [-0.2, -0.15) is 0 Å². The number of hydrogen-bond acceptors (Lipinski definition) is 5. The lowest BCUT2D eigenvalue weighted by Crippen LogP contribution is -2.41. The quantitative estimate of drug-likeness (QED) is 0.618. The zero-order valence-corrected chi connectivity index (χ0v) is 16.5. The lowest BCUT2D eigenvalue weighted by atomic mass is 10.1. The number of aromatic nitrogens is 2. The molecule has 28 heavy (non-hydrogen) atoms. The smallest absolute Gasteiger partial charge is 0.271 e. The predicted octanol–water partition coefficient (Wildman–Crippen LogP) is 2.30. The van der Waals surface area contributed by atoms with Crippen molar-refractivity contribution in [3.8, 4) is 0 Å². The summed E-state index contributed by atoms with van der Waals surface area (Å²) in [4.78, 5) is 22.0. The number of nitrogens with zero attached hydrogens (tertiary/aromatic N) is 3. The van der Waals surface area contributed by atoms with Gasteiger partial charge in [0.05, 0.1) is 12.3 Å². The molecule has 2 N–H and O–H groups in total. The van der Waals surface area contributed by atoms with Gasteiger partial charge in [0.2, 0.25) is 0 Å². The van der Waals surface area contributed by atoms with E-state index in [9.17, 15) is 14.3 Å². The second-order valence-corrected chi connectivity index (χ2v) is 7.32. The molecule has 0 spiro atoms. The first-order chi connectivity index (χ1) is 13.4. The maximum atomic E-state index is 13.4. The number of amides is 1. The third-order valence-corrected chi connectivity index (χ3v) is 4.39. The summed E-state index contributed by atoms with van der Waals surface area (Å²) in [6, 6.07) is 6.59. The molecule has 0 aliphatic carbocycles. The van der Waals surface area contributed by atoms with Crippen molar-refractivity contribution in [1.82, 2.24) is 20.2 Å². The maximum Gasteiger partial charge on any atom is 0.271 e. The van der Waals surface area contributed by atoms with Crippen molar-refractivity contribution in [2.75, 3.05) is 26.2 Å². The Balaban J connectivity index is 1.84. The van der Waals surface area contributed by atoms with Gasteiger partial charge in [-0.15, -0.1) is 0 Å². The van der Waals surface area contributed by atoms with E-state index in [0.717, 1.165) is 18.5 Å². The molecule has 7 heteroatoms. The number of carbonyl (C=O) groups excluding carboxylic acids is 1. The van der Waals surface area contributed by atoms with Gasteiger partial charge in [-0.3, -0.25) is 9.78 Å². The largest absolute Gasteiger partial charge is 0.390 e. The summed E-state index contributed by atoms with van der Waals surface area (Å²) in [5, 5.41) is 13.1. The SMILES string of the molecule is CC(C)CCN(CCc1cccc(F)c1)CC(O)CNC(=O)c1cnccn1. The second-order valence-electron chi connectivity index (χ2n) is 7.32. The number of aliphatic hydroxyl groups excluding tert-OH is 1. The minimum absolute atomic E-state index is 0.132. The summed E-state index contributed by atoms with van der Waals surface area (Å²) in [7, 11) is 0. The van der Waals surface area contributed by atoms with Crippen LogP contribution in [0.1, 0.15) is 36.3 Å². The number of halogens is 1. The highest BCUT2D eigenvalue weighted by molar-refractivity contribution is 5.91. The molecule has 0 fully saturated rings. The van der Waals surface area contributed by atoms with Gasteiger partial charge in [0, 0.05) is 32.0 Å². The Labute approximate surface area is 165 Å². The topological polar surface area (TPSA) is 78.4 Å². The van der Waals surface area contributed by atoms with E-state index in [2.05, 4.69) is 34.0 Å². The van der Waals surface area contributed by atoms with E-state index in [0.29, 0.717) is 25.4 Å². The Morgan fingerprint density at radius 1 is 1.29 bits per heavy atom. The van der Waals surface area contributed by atoms with Gasteiger partial charge in [0.1, 0.15) is 11.5 Å². The first kappa shape index (κ1) is 21.9. The van der Waals surface area contributed by atoms with E-state index < -0.39 is 6.10 Å². The average molecular weight is 388 g/mol. The van der Waals surface area contributed by atoms with Crippen molar-refractivity contribution >= 4 is 5.91 Å². The lowest BCUT2D eigenvalue weighted by molar-refractivity contribution is 0.0850. The van der Waals surface area contributed by atoms with Crippen LogP contribution in [0.25, 0.3) is 0 Å². The molecule has 1 aromatic carbocycles. The number of aliphatic hydroxyl groups is 1. The third-order valence-electron chi connectivity index (χ3n) is 4.39. The number of hydrogen-bond donors (Lipinski definition) is 2. The molecule has 0 aliphatic heterocycles. The molecule has 1 heterocycles. The fourth-order valence-corrected chi connectivity index (χ4v) is 2.79. The molecule has 1 aromatic heterocycles. The summed E-state index contributed by atoms with van der Waals surface area (Å²) >= 11 is 0. The van der Waals surface area contributed by atoms with Crippen molar-refractivity contribution in [2.24, 2.45) is 5.92 Å². The molecule has 2 aromatic rings. The fourth-order valence-electron chi connectivity index (χ4n) is 2.79. The zero-order chi connectivity index (χ0) is 20.4. The molecule has 0 saturated carbocycles. The molecule has 0 radical (unpaired) electrons. The molecular weight excluding hydrogens is 359 g/mol. The molecule has 0 saturated heterocycles. The van der Waals surface area contributed by atoms with Crippen LogP contribution >= 0.6 is 0 Å². The molecule has 6 nitrogen and oxygen atoms in total. The lowest BCUT2D eigenvalue weighted by Gasteiger charge is -2.26. The van der Waals surface area contributed by atoms with Crippen molar-refractivity contribution < 1.29 is 14.3 Å². The second kappa shape index (κ2) is 11.5. The van der Waals surface area contributed by atoms with Gasteiger partial charge < -0.3 is 15.3 Å². The van der Waals surface area contributed by atoms with Crippen LogP contribution < -0.4 is 5.32 Å². The van der Waals surface area contributed by atoms with E-state index in [1.54, 1.807) is 6.07 Å². The number of rotatable bonds is 11. The molecule has 1 unspecified atom stereocenters. The van der Waals surface area contributed by atoms with Crippen LogP contribution in [0.2, 0.25) is 0 Å². The zero-order valence-electron chi connectivity index (χ0n) is 16.5. The van der Waals surface area contributed by atoms with E-state index in [-0.39, 0.29) is 24.0 Å². The van der Waals surface area contributed by atoms with E-state index >= 15 is 0 Å². The van der Waals surface area contributed by atoms with Gasteiger partial charge in [0.25, 0.3) is 5.91 Å². The molecule has 152 valence electrons. The molecule has 1 amide bonds. The summed E-state index contributed by atoms with van der Waals surface area (Å²) in [5.74, 6) is -0.0520. The van der Waals surface area contributed by atoms with Crippen molar-refractivity contribution in [2.45, 2.75) is 32.8 Å². The van der Waals surface area contributed by atoms with E-state index in [4.69, 9.17) is 0 Å². The standard InChI is InChI=1S/C21H29FN4O2/c1-16(2)6-10-26(11-7-17-4-3-5-18(22)12-17)15-19(27)13-25-21(28)20-14-23-8-9-24-20/h3-5,8-9,12,14,16,19,27H,6-7,10-11,13,15H2,1-2H3,(H,25,28). The summed E-state index contributed by atoms with van der Waals surface area (Å²) < 4.78 is 13.4. The Bertz CT molecular complexity index is 727. The fraction of sp³-hybridized carbons (Fsp3) is 0.476. The van der Waals surface area contributed by atoms with Crippen LogP contribution in [0.15, 0.2) is 42.9 Å². The maximum absolute atomic E-state index is 13.4. The van der Waals surface area contributed by atoms with Crippen LogP contribution in [-0.2, 0) is 6.42 Å². The molecular formula is C21H29FN4O2. The van der Waals surface area contributed by atoms with Gasteiger partial charge in [-0.25, -0.2) is 9.37 Å². The van der Waals surface area contributed by atoms with Gasteiger partial charge in [-0.1, -0.05) is 26.0 Å².